The first-order chi connectivity index (χ1) is 10.9. The van der Waals surface area contributed by atoms with Crippen LogP contribution in [0.3, 0.4) is 0 Å². The maximum absolute atomic E-state index is 12.2. The van der Waals surface area contributed by atoms with Gasteiger partial charge < -0.3 is 10.1 Å². The summed E-state index contributed by atoms with van der Waals surface area (Å²) < 4.78 is 28.8. The maximum Gasteiger partial charge on any atom is 0.271 e. The fraction of sp³-hybridized carbons (Fsp3) is 0.615. The van der Waals surface area contributed by atoms with Crippen molar-refractivity contribution in [2.24, 2.45) is 0 Å². The van der Waals surface area contributed by atoms with Gasteiger partial charge in [0.2, 0.25) is 15.0 Å². The van der Waals surface area contributed by atoms with Crippen LogP contribution in [0.2, 0.25) is 5.02 Å². The first kappa shape index (κ1) is 18.1. The van der Waals surface area contributed by atoms with Crippen molar-refractivity contribution in [3.8, 4) is 0 Å². The van der Waals surface area contributed by atoms with Crippen LogP contribution in [0.5, 0.6) is 0 Å². The number of carbonyl (C=O) groups excluding carboxylic acids is 1. The molecule has 1 amide bonds. The second-order valence-corrected chi connectivity index (χ2v) is 7.54. The van der Waals surface area contributed by atoms with E-state index in [-0.39, 0.29) is 21.6 Å². The van der Waals surface area contributed by atoms with Crippen LogP contribution in [0, 0.1) is 0 Å². The number of hydrogen-bond donors (Lipinski definition) is 1. The van der Waals surface area contributed by atoms with Gasteiger partial charge in [-0.25, -0.2) is 18.4 Å². The lowest BCUT2D eigenvalue weighted by atomic mass is 10.3. The molecule has 1 aromatic rings. The number of carbonyl (C=O) groups is 1. The van der Waals surface area contributed by atoms with Gasteiger partial charge in [-0.3, -0.25) is 9.69 Å². The van der Waals surface area contributed by atoms with Crippen molar-refractivity contribution in [1.29, 1.82) is 0 Å². The summed E-state index contributed by atoms with van der Waals surface area (Å²) in [6.45, 7) is 5.59. The van der Waals surface area contributed by atoms with E-state index in [4.69, 9.17) is 16.3 Å². The molecule has 0 spiro atoms. The number of ether oxygens (including phenoxy) is 1. The van der Waals surface area contributed by atoms with Gasteiger partial charge in [0.25, 0.3) is 5.91 Å². The third kappa shape index (κ3) is 4.84. The Balaban J connectivity index is 1.99. The molecule has 0 bridgehead atoms. The van der Waals surface area contributed by atoms with Crippen molar-refractivity contribution < 1.29 is 17.9 Å². The number of aromatic nitrogens is 2. The smallest absolute Gasteiger partial charge is 0.271 e. The summed E-state index contributed by atoms with van der Waals surface area (Å²) in [6, 6.07) is 0. The Morgan fingerprint density at radius 1 is 1.43 bits per heavy atom. The predicted octanol–water partition coefficient (Wildman–Crippen LogP) is -0.0144. The van der Waals surface area contributed by atoms with E-state index < -0.39 is 15.7 Å². The second-order valence-electron chi connectivity index (χ2n) is 4.96. The second kappa shape index (κ2) is 8.00. The molecule has 0 atom stereocenters. The molecule has 0 radical (unpaired) electrons. The third-order valence-electron chi connectivity index (χ3n) is 3.41. The van der Waals surface area contributed by atoms with E-state index in [1.165, 1.54) is 6.92 Å². The van der Waals surface area contributed by atoms with Crippen molar-refractivity contribution in [1.82, 2.24) is 20.2 Å². The topological polar surface area (TPSA) is 101 Å². The van der Waals surface area contributed by atoms with Gasteiger partial charge in [-0.15, -0.1) is 0 Å². The minimum absolute atomic E-state index is 0.0175. The zero-order chi connectivity index (χ0) is 16.9. The van der Waals surface area contributed by atoms with E-state index in [2.05, 4.69) is 20.2 Å². The Morgan fingerprint density at radius 2 is 2.13 bits per heavy atom. The molecule has 0 aromatic carbocycles. The van der Waals surface area contributed by atoms with E-state index in [1.807, 2.05) is 0 Å². The summed E-state index contributed by atoms with van der Waals surface area (Å²) in [4.78, 5) is 21.8. The summed E-state index contributed by atoms with van der Waals surface area (Å²) in [5, 5.41) is 2.32. The highest BCUT2D eigenvalue weighted by atomic mass is 35.5. The minimum atomic E-state index is -3.59. The van der Waals surface area contributed by atoms with Gasteiger partial charge in [-0.2, -0.15) is 0 Å². The van der Waals surface area contributed by atoms with Crippen LogP contribution in [0.1, 0.15) is 17.4 Å². The average Bonchev–Trinajstić information content (AvgIpc) is 2.56. The highest BCUT2D eigenvalue weighted by molar-refractivity contribution is 7.91. The molecule has 1 fully saturated rings. The molecular formula is C13H19ClN4O4S. The van der Waals surface area contributed by atoms with Crippen LogP contribution in [-0.4, -0.2) is 74.3 Å². The van der Waals surface area contributed by atoms with Crippen LogP contribution in [0.15, 0.2) is 11.4 Å². The molecular weight excluding hydrogens is 344 g/mol. The van der Waals surface area contributed by atoms with Crippen molar-refractivity contribution >= 4 is 27.3 Å². The average molecular weight is 363 g/mol. The highest BCUT2D eigenvalue weighted by Crippen LogP contribution is 2.15. The highest BCUT2D eigenvalue weighted by Gasteiger charge is 2.21. The van der Waals surface area contributed by atoms with E-state index in [1.54, 1.807) is 0 Å². The predicted molar refractivity (Wildman–Crippen MR) is 84.4 cm³/mol. The van der Waals surface area contributed by atoms with Gasteiger partial charge in [0.1, 0.15) is 0 Å². The van der Waals surface area contributed by atoms with Crippen LogP contribution in [0.25, 0.3) is 0 Å². The number of nitrogens with one attached hydrogen (secondary N) is 1. The number of sulfone groups is 1. The summed E-state index contributed by atoms with van der Waals surface area (Å²) >= 11 is 5.90. The molecule has 1 aliphatic rings. The molecule has 2 rings (SSSR count). The van der Waals surface area contributed by atoms with Crippen molar-refractivity contribution in [2.45, 2.75) is 12.1 Å². The van der Waals surface area contributed by atoms with Gasteiger partial charge in [0.15, 0.2) is 5.69 Å². The zero-order valence-corrected chi connectivity index (χ0v) is 14.4. The fourth-order valence-corrected chi connectivity index (χ4v) is 2.90. The van der Waals surface area contributed by atoms with Crippen molar-refractivity contribution in [3.05, 3.63) is 16.9 Å². The number of halogens is 1. The minimum Gasteiger partial charge on any atom is -0.379 e. The van der Waals surface area contributed by atoms with E-state index in [0.717, 1.165) is 19.3 Å². The summed E-state index contributed by atoms with van der Waals surface area (Å²) in [6.07, 6.45) is 1.13. The quantitative estimate of drug-likeness (QED) is 0.710. The molecule has 1 saturated heterocycles. The fourth-order valence-electron chi connectivity index (χ4n) is 2.03. The Bertz CT molecular complexity index is 662. The molecule has 0 saturated carbocycles. The van der Waals surface area contributed by atoms with Gasteiger partial charge in [0.05, 0.1) is 30.2 Å². The Hall–Kier alpha value is -1.29. The van der Waals surface area contributed by atoms with Crippen LogP contribution in [-0.2, 0) is 14.6 Å². The monoisotopic (exact) mass is 362 g/mol. The van der Waals surface area contributed by atoms with E-state index in [0.29, 0.717) is 26.3 Å². The van der Waals surface area contributed by atoms with Crippen molar-refractivity contribution in [3.63, 3.8) is 0 Å². The standard InChI is InChI=1S/C13H19ClN4O4S/c1-2-23(20,21)13-16-9-10(14)11(17-13)12(19)15-3-4-18-5-7-22-8-6-18/h9H,2-8H2,1H3,(H,15,19). The SMILES string of the molecule is CCS(=O)(=O)c1ncc(Cl)c(C(=O)NCCN2CCOCC2)n1. The molecule has 0 unspecified atom stereocenters. The molecule has 1 N–H and O–H groups in total. The maximum atomic E-state index is 12.2. The molecule has 8 nitrogen and oxygen atoms in total. The normalized spacial score (nSPS) is 16.3. The number of rotatable bonds is 6. The molecule has 10 heteroatoms. The van der Waals surface area contributed by atoms with Gasteiger partial charge >= 0.3 is 0 Å². The molecule has 1 aliphatic heterocycles. The lowest BCUT2D eigenvalue weighted by molar-refractivity contribution is 0.0383. The van der Waals surface area contributed by atoms with E-state index in [9.17, 15) is 13.2 Å². The van der Waals surface area contributed by atoms with Crippen molar-refractivity contribution in [2.75, 3.05) is 45.1 Å². The lowest BCUT2D eigenvalue weighted by Gasteiger charge is -2.26. The largest absolute Gasteiger partial charge is 0.379 e. The lowest BCUT2D eigenvalue weighted by Crippen LogP contribution is -2.41. The van der Waals surface area contributed by atoms with Crippen LogP contribution in [0.4, 0.5) is 0 Å². The van der Waals surface area contributed by atoms with E-state index >= 15 is 0 Å². The summed E-state index contributed by atoms with van der Waals surface area (Å²) in [5.41, 5.74) is -0.129. The molecule has 128 valence electrons. The Morgan fingerprint density at radius 3 is 2.78 bits per heavy atom. The van der Waals surface area contributed by atoms with Crippen LogP contribution >= 0.6 is 11.6 Å². The molecule has 0 aliphatic carbocycles. The Labute approximate surface area is 140 Å². The molecule has 23 heavy (non-hydrogen) atoms. The first-order valence-corrected chi connectivity index (χ1v) is 9.30. The zero-order valence-electron chi connectivity index (χ0n) is 12.8. The number of nitrogens with zero attached hydrogens (tertiary/aromatic N) is 3. The summed E-state index contributed by atoms with van der Waals surface area (Å²) in [5.74, 6) is -0.662. The number of amides is 1. The Kier molecular flexibility index (Phi) is 6.28. The molecule has 1 aromatic heterocycles. The number of hydrogen-bond acceptors (Lipinski definition) is 7. The molecule has 2 heterocycles. The summed E-state index contributed by atoms with van der Waals surface area (Å²) in [7, 11) is -3.59. The van der Waals surface area contributed by atoms with Gasteiger partial charge in [-0.05, 0) is 0 Å². The number of morpholine rings is 1. The van der Waals surface area contributed by atoms with Gasteiger partial charge in [-0.1, -0.05) is 18.5 Å². The third-order valence-corrected chi connectivity index (χ3v) is 5.20. The first-order valence-electron chi connectivity index (χ1n) is 7.27. The van der Waals surface area contributed by atoms with Gasteiger partial charge in [0, 0.05) is 26.2 Å². The van der Waals surface area contributed by atoms with Crippen LogP contribution < -0.4 is 5.32 Å².